The molecule has 2 aliphatic rings. The Morgan fingerprint density at radius 1 is 1.23 bits per heavy atom. The van der Waals surface area contributed by atoms with Gasteiger partial charge in [0.25, 0.3) is 0 Å². The standard InChI is InChI=1S/C18H11ClN4O2S/c19-13-2-4-14(5-3-13)25-16-6-1-11(7-12(16)8-20)17-22-15-9-21-10-23(24)18(15)26-17/h1-7,9-10,18,24H. The molecule has 0 aromatic heterocycles. The van der Waals surface area contributed by atoms with E-state index in [2.05, 4.69) is 16.1 Å². The number of thioether (sulfide) groups is 1. The highest BCUT2D eigenvalue weighted by Gasteiger charge is 2.31. The molecule has 0 bridgehead atoms. The van der Waals surface area contributed by atoms with E-state index in [-0.39, 0.29) is 5.37 Å². The number of hydrogen-bond donors (Lipinski definition) is 1. The zero-order chi connectivity index (χ0) is 18.1. The number of benzene rings is 2. The highest BCUT2D eigenvalue weighted by molar-refractivity contribution is 8.15. The summed E-state index contributed by atoms with van der Waals surface area (Å²) in [5.41, 5.74) is 1.83. The fourth-order valence-electron chi connectivity index (χ4n) is 2.49. The van der Waals surface area contributed by atoms with Gasteiger partial charge in [-0.3, -0.25) is 5.21 Å². The van der Waals surface area contributed by atoms with Crippen LogP contribution in [0.5, 0.6) is 11.5 Å². The maximum Gasteiger partial charge on any atom is 0.152 e. The summed E-state index contributed by atoms with van der Waals surface area (Å²) >= 11 is 7.26. The van der Waals surface area contributed by atoms with Crippen molar-refractivity contribution in [2.75, 3.05) is 0 Å². The summed E-state index contributed by atoms with van der Waals surface area (Å²) in [7, 11) is 0. The van der Waals surface area contributed by atoms with Crippen molar-refractivity contribution in [3.05, 3.63) is 70.5 Å². The number of nitriles is 1. The smallest absolute Gasteiger partial charge is 0.152 e. The lowest BCUT2D eigenvalue weighted by atomic mass is 10.1. The number of rotatable bonds is 3. The van der Waals surface area contributed by atoms with Crippen molar-refractivity contribution >= 4 is 34.7 Å². The SMILES string of the molecule is N#Cc1cc(C2=NC3=CN=CN(O)C3S2)ccc1Oc1ccc(Cl)cc1. The van der Waals surface area contributed by atoms with Crippen LogP contribution in [0.4, 0.5) is 0 Å². The maximum atomic E-state index is 9.84. The van der Waals surface area contributed by atoms with Crippen molar-refractivity contribution in [1.82, 2.24) is 5.06 Å². The van der Waals surface area contributed by atoms with Crippen LogP contribution in [0.3, 0.4) is 0 Å². The predicted octanol–water partition coefficient (Wildman–Crippen LogP) is 4.40. The average Bonchev–Trinajstić information content (AvgIpc) is 3.09. The Morgan fingerprint density at radius 3 is 2.77 bits per heavy atom. The fraction of sp³-hybridized carbons (Fsp3) is 0.0556. The number of ether oxygens (including phenoxy) is 1. The van der Waals surface area contributed by atoms with E-state index < -0.39 is 0 Å². The number of hydroxylamine groups is 2. The van der Waals surface area contributed by atoms with Gasteiger partial charge in [-0.2, -0.15) is 5.26 Å². The zero-order valence-electron chi connectivity index (χ0n) is 13.2. The highest BCUT2D eigenvalue weighted by Crippen LogP contribution is 2.37. The summed E-state index contributed by atoms with van der Waals surface area (Å²) in [6.07, 6.45) is 2.95. The molecular formula is C18H11ClN4O2S. The average molecular weight is 383 g/mol. The molecule has 1 N–H and O–H groups in total. The Balaban J connectivity index is 1.61. The molecule has 6 nitrogen and oxygen atoms in total. The lowest BCUT2D eigenvalue weighted by molar-refractivity contribution is -0.0108. The summed E-state index contributed by atoms with van der Waals surface area (Å²) in [4.78, 5) is 8.41. The molecule has 0 radical (unpaired) electrons. The van der Waals surface area contributed by atoms with Crippen molar-refractivity contribution in [1.29, 1.82) is 5.26 Å². The first-order valence-electron chi connectivity index (χ1n) is 7.58. The van der Waals surface area contributed by atoms with Crippen LogP contribution in [0.1, 0.15) is 11.1 Å². The molecule has 2 heterocycles. The van der Waals surface area contributed by atoms with Gasteiger partial charge in [-0.05, 0) is 42.5 Å². The van der Waals surface area contributed by atoms with Gasteiger partial charge in [0.2, 0.25) is 0 Å². The lowest BCUT2D eigenvalue weighted by Gasteiger charge is -2.20. The molecule has 0 aliphatic carbocycles. The van der Waals surface area contributed by atoms with Gasteiger partial charge in [0.15, 0.2) is 5.37 Å². The molecular weight excluding hydrogens is 372 g/mol. The molecule has 8 heteroatoms. The van der Waals surface area contributed by atoms with Crippen molar-refractivity contribution in [2.45, 2.75) is 5.37 Å². The summed E-state index contributed by atoms with van der Waals surface area (Å²) in [6.45, 7) is 0. The van der Waals surface area contributed by atoms with E-state index in [9.17, 15) is 10.5 Å². The largest absolute Gasteiger partial charge is 0.456 e. The Kier molecular flexibility index (Phi) is 4.39. The second-order valence-corrected chi connectivity index (χ2v) is 6.97. The third-order valence-electron chi connectivity index (χ3n) is 3.73. The molecule has 2 aromatic carbocycles. The van der Waals surface area contributed by atoms with Crippen LogP contribution in [0.2, 0.25) is 5.02 Å². The van der Waals surface area contributed by atoms with Gasteiger partial charge in [-0.15, -0.1) is 0 Å². The van der Waals surface area contributed by atoms with E-state index in [1.165, 1.54) is 18.1 Å². The summed E-state index contributed by atoms with van der Waals surface area (Å²) in [6, 6.07) is 14.3. The van der Waals surface area contributed by atoms with E-state index in [0.717, 1.165) is 10.6 Å². The van der Waals surface area contributed by atoms with Crippen LogP contribution in [0, 0.1) is 11.3 Å². The first-order chi connectivity index (χ1) is 12.6. The molecule has 26 heavy (non-hydrogen) atoms. The van der Waals surface area contributed by atoms with E-state index in [1.54, 1.807) is 42.6 Å². The fourth-order valence-corrected chi connectivity index (χ4v) is 3.64. The normalized spacial score (nSPS) is 18.0. The monoisotopic (exact) mass is 382 g/mol. The molecule has 4 rings (SSSR count). The van der Waals surface area contributed by atoms with Crippen LogP contribution in [0.25, 0.3) is 0 Å². The van der Waals surface area contributed by atoms with Crippen LogP contribution in [-0.2, 0) is 0 Å². The summed E-state index contributed by atoms with van der Waals surface area (Å²) in [5, 5.41) is 21.3. The molecule has 1 unspecified atom stereocenters. The minimum Gasteiger partial charge on any atom is -0.456 e. The molecule has 2 aliphatic heterocycles. The van der Waals surface area contributed by atoms with Crippen molar-refractivity contribution in [3.63, 3.8) is 0 Å². The van der Waals surface area contributed by atoms with Gasteiger partial charge in [0.1, 0.15) is 29.0 Å². The summed E-state index contributed by atoms with van der Waals surface area (Å²) < 4.78 is 5.78. The molecule has 0 amide bonds. The minimum absolute atomic E-state index is 0.321. The number of nitrogens with zero attached hydrogens (tertiary/aromatic N) is 4. The number of aliphatic imine (C=N–C) groups is 2. The Hall–Kier alpha value is -2.79. The summed E-state index contributed by atoms with van der Waals surface area (Å²) in [5.74, 6) is 1.04. The minimum atomic E-state index is -0.321. The molecule has 128 valence electrons. The Morgan fingerprint density at radius 2 is 2.04 bits per heavy atom. The van der Waals surface area contributed by atoms with Crippen LogP contribution < -0.4 is 4.74 Å². The predicted molar refractivity (Wildman–Crippen MR) is 101 cm³/mol. The van der Waals surface area contributed by atoms with Crippen molar-refractivity contribution < 1.29 is 9.94 Å². The third kappa shape index (κ3) is 3.18. The first-order valence-corrected chi connectivity index (χ1v) is 8.84. The zero-order valence-corrected chi connectivity index (χ0v) is 14.8. The second kappa shape index (κ2) is 6.84. The first kappa shape index (κ1) is 16.7. The second-order valence-electron chi connectivity index (χ2n) is 5.46. The lowest BCUT2D eigenvalue weighted by Crippen LogP contribution is -2.29. The van der Waals surface area contributed by atoms with Crippen LogP contribution in [-0.4, -0.2) is 27.0 Å². The molecule has 0 saturated carbocycles. The van der Waals surface area contributed by atoms with Crippen molar-refractivity contribution in [2.24, 2.45) is 9.98 Å². The molecule has 0 fully saturated rings. The Labute approximate surface area is 158 Å². The van der Waals surface area contributed by atoms with Crippen molar-refractivity contribution in [3.8, 4) is 17.6 Å². The van der Waals surface area contributed by atoms with E-state index in [4.69, 9.17) is 16.3 Å². The molecule has 2 aromatic rings. The van der Waals surface area contributed by atoms with Crippen LogP contribution in [0.15, 0.2) is 64.3 Å². The number of hydrogen-bond acceptors (Lipinski definition) is 7. The Bertz CT molecular complexity index is 995. The van der Waals surface area contributed by atoms with E-state index in [1.807, 2.05) is 6.07 Å². The van der Waals surface area contributed by atoms with E-state index in [0.29, 0.717) is 32.8 Å². The topological polar surface area (TPSA) is 81.2 Å². The maximum absolute atomic E-state index is 9.84. The van der Waals surface area contributed by atoms with Gasteiger partial charge in [-0.1, -0.05) is 23.4 Å². The highest BCUT2D eigenvalue weighted by atomic mass is 35.5. The van der Waals surface area contributed by atoms with Gasteiger partial charge in [0.05, 0.1) is 17.5 Å². The molecule has 1 atom stereocenters. The molecule has 0 saturated heterocycles. The molecule has 0 spiro atoms. The number of halogens is 1. The van der Waals surface area contributed by atoms with Crippen LogP contribution >= 0.6 is 23.4 Å². The quantitative estimate of drug-likeness (QED) is 0.850. The van der Waals surface area contributed by atoms with Gasteiger partial charge < -0.3 is 4.74 Å². The van der Waals surface area contributed by atoms with Gasteiger partial charge in [-0.25, -0.2) is 15.0 Å². The number of fused-ring (bicyclic) bond motifs is 1. The third-order valence-corrected chi connectivity index (χ3v) is 5.21. The van der Waals surface area contributed by atoms with Gasteiger partial charge in [0, 0.05) is 10.6 Å². The van der Waals surface area contributed by atoms with Gasteiger partial charge >= 0.3 is 0 Å². The van der Waals surface area contributed by atoms with E-state index >= 15 is 0 Å².